The summed E-state index contributed by atoms with van der Waals surface area (Å²) in [6.07, 6.45) is 0. The second-order valence-electron chi connectivity index (χ2n) is 9.14. The molecule has 0 spiro atoms. The van der Waals surface area contributed by atoms with Crippen LogP contribution in [-0.4, -0.2) is 73.3 Å². The molecule has 4 aromatic rings. The van der Waals surface area contributed by atoms with Crippen molar-refractivity contribution >= 4 is 35.2 Å². The monoisotopic (exact) mass is 635 g/mol. The number of ether oxygens (including phenoxy) is 5. The number of nitrogens with zero attached hydrogens (tertiary/aromatic N) is 3. The summed E-state index contributed by atoms with van der Waals surface area (Å²) in [5.41, 5.74) is 1.82. The number of carbonyl (C=O) groups excluding carboxylic acids is 3. The Labute approximate surface area is 264 Å². The van der Waals surface area contributed by atoms with Crippen LogP contribution in [0.4, 0.5) is 5.69 Å². The molecule has 0 aliphatic carbocycles. The third kappa shape index (κ3) is 7.84. The van der Waals surface area contributed by atoms with Crippen molar-refractivity contribution in [3.63, 3.8) is 0 Å². The molecule has 3 aromatic carbocycles. The van der Waals surface area contributed by atoms with Crippen molar-refractivity contribution in [2.24, 2.45) is 0 Å². The maximum Gasteiger partial charge on any atom is 0.338 e. The average molecular weight is 636 g/mol. The van der Waals surface area contributed by atoms with Gasteiger partial charge in [0, 0.05) is 11.3 Å². The van der Waals surface area contributed by atoms with Crippen LogP contribution in [0.1, 0.15) is 33.5 Å². The number of para-hydroxylation sites is 2. The quantitative estimate of drug-likeness (QED) is 0.152. The summed E-state index contributed by atoms with van der Waals surface area (Å²) < 4.78 is 28.4. The van der Waals surface area contributed by atoms with Crippen molar-refractivity contribution in [2.45, 2.75) is 18.6 Å². The van der Waals surface area contributed by atoms with E-state index in [0.29, 0.717) is 50.9 Å². The smallest absolute Gasteiger partial charge is 0.338 e. The molecule has 2 amide bonds. The predicted octanol–water partition coefficient (Wildman–Crippen LogP) is 4.14. The second-order valence-corrected chi connectivity index (χ2v) is 10.1. The minimum absolute atomic E-state index is 0.000112. The van der Waals surface area contributed by atoms with Gasteiger partial charge in [-0.2, -0.15) is 0 Å². The molecule has 1 aromatic heterocycles. The molecular formula is C31H33N5O8S. The summed E-state index contributed by atoms with van der Waals surface area (Å²) in [4.78, 5) is 37.9. The van der Waals surface area contributed by atoms with Gasteiger partial charge in [-0.05, 0) is 55.5 Å². The Morgan fingerprint density at radius 2 is 1.49 bits per heavy atom. The SMILES string of the molecule is CCOC(=O)c1ccc(NC(=O)CSc2nnc(CNC(=O)c3cc(OC)c(OC)c(OC)c3)n2-c2ccccc2OC)cc1. The van der Waals surface area contributed by atoms with Gasteiger partial charge in [0.15, 0.2) is 22.5 Å². The number of esters is 1. The van der Waals surface area contributed by atoms with Crippen molar-refractivity contribution in [1.29, 1.82) is 0 Å². The van der Waals surface area contributed by atoms with Crippen molar-refractivity contribution in [2.75, 3.05) is 46.1 Å². The lowest BCUT2D eigenvalue weighted by Crippen LogP contribution is -2.25. The number of thioether (sulfide) groups is 1. The minimum Gasteiger partial charge on any atom is -0.495 e. The molecule has 13 nitrogen and oxygen atoms in total. The number of anilines is 1. The third-order valence-electron chi connectivity index (χ3n) is 6.37. The summed E-state index contributed by atoms with van der Waals surface area (Å²) in [6, 6.07) is 16.8. The number of hydrogen-bond donors (Lipinski definition) is 2. The maximum absolute atomic E-state index is 13.2. The minimum atomic E-state index is -0.433. The van der Waals surface area contributed by atoms with E-state index in [-0.39, 0.29) is 30.4 Å². The lowest BCUT2D eigenvalue weighted by Gasteiger charge is -2.15. The largest absolute Gasteiger partial charge is 0.495 e. The van der Waals surface area contributed by atoms with Crippen molar-refractivity contribution in [1.82, 2.24) is 20.1 Å². The van der Waals surface area contributed by atoms with Crippen molar-refractivity contribution in [3.8, 4) is 28.7 Å². The molecule has 0 unspecified atom stereocenters. The first kappa shape index (κ1) is 32.7. The van der Waals surface area contributed by atoms with E-state index in [0.717, 1.165) is 11.8 Å². The van der Waals surface area contributed by atoms with E-state index in [1.807, 2.05) is 18.2 Å². The van der Waals surface area contributed by atoms with Gasteiger partial charge in [0.05, 0.1) is 58.6 Å². The Morgan fingerprint density at radius 1 is 0.822 bits per heavy atom. The number of aromatic nitrogens is 3. The van der Waals surface area contributed by atoms with E-state index < -0.39 is 11.9 Å². The van der Waals surface area contributed by atoms with Gasteiger partial charge < -0.3 is 34.3 Å². The van der Waals surface area contributed by atoms with E-state index in [9.17, 15) is 14.4 Å². The van der Waals surface area contributed by atoms with Gasteiger partial charge in [-0.3, -0.25) is 14.2 Å². The fraction of sp³-hybridized carbons (Fsp3) is 0.258. The number of methoxy groups -OCH3 is 4. The van der Waals surface area contributed by atoms with Crippen LogP contribution in [0, 0.1) is 0 Å². The Hall–Kier alpha value is -5.24. The third-order valence-corrected chi connectivity index (χ3v) is 7.30. The zero-order valence-electron chi connectivity index (χ0n) is 25.4. The average Bonchev–Trinajstić information content (AvgIpc) is 3.48. The lowest BCUT2D eigenvalue weighted by molar-refractivity contribution is -0.113. The molecule has 1 heterocycles. The first-order valence-electron chi connectivity index (χ1n) is 13.7. The van der Waals surface area contributed by atoms with Gasteiger partial charge >= 0.3 is 5.97 Å². The zero-order valence-corrected chi connectivity index (χ0v) is 26.2. The van der Waals surface area contributed by atoms with E-state index in [1.165, 1.54) is 21.3 Å². The van der Waals surface area contributed by atoms with Crippen LogP contribution in [0.15, 0.2) is 65.8 Å². The topological polar surface area (TPSA) is 152 Å². The number of nitrogens with one attached hydrogen (secondary N) is 2. The molecule has 0 fully saturated rings. The van der Waals surface area contributed by atoms with Crippen LogP contribution in [0.25, 0.3) is 5.69 Å². The molecule has 0 radical (unpaired) electrons. The van der Waals surface area contributed by atoms with Crippen LogP contribution in [0.5, 0.6) is 23.0 Å². The van der Waals surface area contributed by atoms with Gasteiger partial charge in [0.1, 0.15) is 5.75 Å². The summed E-state index contributed by atoms with van der Waals surface area (Å²) >= 11 is 1.16. The van der Waals surface area contributed by atoms with Crippen molar-refractivity contribution < 1.29 is 38.1 Å². The molecule has 0 atom stereocenters. The molecule has 0 saturated carbocycles. The standard InChI is InChI=1S/C31H33N5O8S/c1-6-44-30(39)19-11-13-21(14-12-19)33-27(37)18-45-31-35-34-26(36(31)22-9-7-8-10-23(22)40-2)17-32-29(38)20-15-24(41-3)28(43-5)25(16-20)42-4/h7-16H,6,17-18H2,1-5H3,(H,32,38)(H,33,37). The second kappa shape index (κ2) is 15.5. The summed E-state index contributed by atoms with van der Waals surface area (Å²) in [5.74, 6) is 0.855. The van der Waals surface area contributed by atoms with Gasteiger partial charge in [0.25, 0.3) is 5.91 Å². The molecule has 4 rings (SSSR count). The molecule has 236 valence electrons. The Bertz CT molecular complexity index is 1630. The number of rotatable bonds is 14. The van der Waals surface area contributed by atoms with Crippen LogP contribution >= 0.6 is 11.8 Å². The number of amides is 2. The summed E-state index contributed by atoms with van der Waals surface area (Å²) in [7, 11) is 5.96. The molecular weight excluding hydrogens is 602 g/mol. The number of carbonyl (C=O) groups is 3. The van der Waals surface area contributed by atoms with Crippen molar-refractivity contribution in [3.05, 3.63) is 77.6 Å². The Kier molecular flexibility index (Phi) is 11.2. The highest BCUT2D eigenvalue weighted by Crippen LogP contribution is 2.38. The Balaban J connectivity index is 1.52. The molecule has 0 saturated heterocycles. The van der Waals surface area contributed by atoms with Gasteiger partial charge in [-0.25, -0.2) is 4.79 Å². The van der Waals surface area contributed by atoms with E-state index in [2.05, 4.69) is 20.8 Å². The van der Waals surface area contributed by atoms with E-state index >= 15 is 0 Å². The van der Waals surface area contributed by atoms with Crippen LogP contribution in [0.3, 0.4) is 0 Å². The van der Waals surface area contributed by atoms with Gasteiger partial charge in [-0.1, -0.05) is 23.9 Å². The highest BCUT2D eigenvalue weighted by atomic mass is 32.2. The van der Waals surface area contributed by atoms with Crippen LogP contribution < -0.4 is 29.6 Å². The first-order valence-corrected chi connectivity index (χ1v) is 14.7. The molecule has 0 bridgehead atoms. The molecule has 0 aliphatic rings. The van der Waals surface area contributed by atoms with Gasteiger partial charge in [-0.15, -0.1) is 10.2 Å². The summed E-state index contributed by atoms with van der Waals surface area (Å²) in [5, 5.41) is 14.7. The van der Waals surface area contributed by atoms with Gasteiger partial charge in [0.2, 0.25) is 11.7 Å². The fourth-order valence-electron chi connectivity index (χ4n) is 4.27. The highest BCUT2D eigenvalue weighted by Gasteiger charge is 2.21. The highest BCUT2D eigenvalue weighted by molar-refractivity contribution is 7.99. The molecule has 2 N–H and O–H groups in total. The normalized spacial score (nSPS) is 10.5. The number of hydrogen-bond acceptors (Lipinski definition) is 11. The molecule has 45 heavy (non-hydrogen) atoms. The lowest BCUT2D eigenvalue weighted by atomic mass is 10.1. The summed E-state index contributed by atoms with van der Waals surface area (Å²) in [6.45, 7) is 2.00. The van der Waals surface area contributed by atoms with E-state index in [4.69, 9.17) is 23.7 Å². The Morgan fingerprint density at radius 3 is 2.11 bits per heavy atom. The molecule has 14 heteroatoms. The van der Waals surface area contributed by atoms with Crippen LogP contribution in [0.2, 0.25) is 0 Å². The fourth-order valence-corrected chi connectivity index (χ4v) is 5.03. The maximum atomic E-state index is 13.2. The molecule has 0 aliphatic heterocycles. The zero-order chi connectivity index (χ0) is 32.3. The van der Waals surface area contributed by atoms with E-state index in [1.54, 1.807) is 61.1 Å². The predicted molar refractivity (Wildman–Crippen MR) is 167 cm³/mol. The first-order chi connectivity index (χ1) is 21.8. The number of benzene rings is 3. The van der Waals surface area contributed by atoms with Crippen LogP contribution in [-0.2, 0) is 16.1 Å².